The van der Waals surface area contributed by atoms with Gasteiger partial charge in [-0.3, -0.25) is 0 Å². The van der Waals surface area contributed by atoms with Gasteiger partial charge >= 0.3 is 6.03 Å². The summed E-state index contributed by atoms with van der Waals surface area (Å²) in [5.74, 6) is 0. The summed E-state index contributed by atoms with van der Waals surface area (Å²) in [5, 5.41) is 12.5. The van der Waals surface area contributed by atoms with Crippen LogP contribution in [0.3, 0.4) is 0 Å². The van der Waals surface area contributed by atoms with Crippen LogP contribution in [0, 0.1) is 0 Å². The highest BCUT2D eigenvalue weighted by Crippen LogP contribution is 2.34. The lowest BCUT2D eigenvalue weighted by molar-refractivity contribution is 0.0499. The molecule has 0 bridgehead atoms. The van der Waals surface area contributed by atoms with Crippen molar-refractivity contribution >= 4 is 6.03 Å². The highest BCUT2D eigenvalue weighted by Gasteiger charge is 2.36. The standard InChI is InChI=1S/C18H26N2O3/c21-13-16-7-4-10-20(16)17(22)19-14-18(8-11-23-12-9-18)15-5-2-1-3-6-15/h1-3,5-6,16,21H,4,7-14H2,(H,19,22). The first-order valence-electron chi connectivity index (χ1n) is 8.54. The molecule has 1 aromatic rings. The number of nitrogens with zero attached hydrogens (tertiary/aromatic N) is 1. The number of hydrogen-bond donors (Lipinski definition) is 2. The first kappa shape index (κ1) is 16.3. The van der Waals surface area contributed by atoms with Crippen LogP contribution in [0.25, 0.3) is 0 Å². The molecule has 2 aliphatic rings. The minimum absolute atomic E-state index is 0.0302. The molecule has 1 atom stereocenters. The van der Waals surface area contributed by atoms with Crippen molar-refractivity contribution in [3.8, 4) is 0 Å². The number of carbonyl (C=O) groups is 1. The molecule has 0 spiro atoms. The summed E-state index contributed by atoms with van der Waals surface area (Å²) >= 11 is 0. The fraction of sp³-hybridized carbons (Fsp3) is 0.611. The zero-order valence-corrected chi connectivity index (χ0v) is 13.5. The van der Waals surface area contributed by atoms with Crippen LogP contribution in [0.15, 0.2) is 30.3 Å². The van der Waals surface area contributed by atoms with Gasteiger partial charge in [0.05, 0.1) is 12.6 Å². The van der Waals surface area contributed by atoms with E-state index in [0.29, 0.717) is 6.54 Å². The Morgan fingerprint density at radius 2 is 2.04 bits per heavy atom. The van der Waals surface area contributed by atoms with E-state index in [1.54, 1.807) is 4.90 Å². The van der Waals surface area contributed by atoms with E-state index in [9.17, 15) is 9.90 Å². The van der Waals surface area contributed by atoms with Crippen LogP contribution >= 0.6 is 0 Å². The second-order valence-corrected chi connectivity index (χ2v) is 6.59. The van der Waals surface area contributed by atoms with Crippen LogP contribution in [0.1, 0.15) is 31.2 Å². The molecule has 0 aromatic heterocycles. The maximum absolute atomic E-state index is 12.5. The summed E-state index contributed by atoms with van der Waals surface area (Å²) in [6.07, 6.45) is 3.69. The lowest BCUT2D eigenvalue weighted by Gasteiger charge is -2.38. The number of ether oxygens (including phenoxy) is 1. The molecule has 23 heavy (non-hydrogen) atoms. The van der Waals surface area contributed by atoms with E-state index >= 15 is 0 Å². The van der Waals surface area contributed by atoms with Gasteiger partial charge in [0, 0.05) is 31.7 Å². The first-order chi connectivity index (χ1) is 11.2. The Morgan fingerprint density at radius 3 is 2.74 bits per heavy atom. The predicted octanol–water partition coefficient (Wildman–Crippen LogP) is 1.90. The number of hydrogen-bond acceptors (Lipinski definition) is 3. The third-order valence-corrected chi connectivity index (χ3v) is 5.26. The molecule has 3 rings (SSSR count). The predicted molar refractivity (Wildman–Crippen MR) is 88.4 cm³/mol. The van der Waals surface area contributed by atoms with Crippen molar-refractivity contribution in [2.24, 2.45) is 0 Å². The van der Waals surface area contributed by atoms with Crippen molar-refractivity contribution in [1.29, 1.82) is 0 Å². The van der Waals surface area contributed by atoms with Crippen LogP contribution in [-0.2, 0) is 10.2 Å². The zero-order valence-electron chi connectivity index (χ0n) is 13.5. The minimum Gasteiger partial charge on any atom is -0.394 e. The van der Waals surface area contributed by atoms with E-state index in [-0.39, 0.29) is 24.1 Å². The van der Waals surface area contributed by atoms with Crippen LogP contribution < -0.4 is 5.32 Å². The number of rotatable bonds is 4. The summed E-state index contributed by atoms with van der Waals surface area (Å²) < 4.78 is 5.53. The number of urea groups is 1. The van der Waals surface area contributed by atoms with E-state index in [1.807, 2.05) is 6.07 Å². The highest BCUT2D eigenvalue weighted by atomic mass is 16.5. The lowest BCUT2D eigenvalue weighted by Crippen LogP contribution is -2.50. The Bertz CT molecular complexity index is 514. The number of amides is 2. The van der Waals surface area contributed by atoms with Crippen LogP contribution in [0.2, 0.25) is 0 Å². The van der Waals surface area contributed by atoms with Crippen molar-refractivity contribution in [2.45, 2.75) is 37.1 Å². The molecule has 2 saturated heterocycles. The second-order valence-electron chi connectivity index (χ2n) is 6.59. The summed E-state index contributed by atoms with van der Waals surface area (Å²) in [4.78, 5) is 14.3. The Kier molecular flexibility index (Phi) is 5.18. The van der Waals surface area contributed by atoms with Gasteiger partial charge in [0.1, 0.15) is 0 Å². The molecule has 5 heteroatoms. The lowest BCUT2D eigenvalue weighted by atomic mass is 9.74. The largest absolute Gasteiger partial charge is 0.394 e. The first-order valence-corrected chi connectivity index (χ1v) is 8.54. The topological polar surface area (TPSA) is 61.8 Å². The summed E-state index contributed by atoms with van der Waals surface area (Å²) in [7, 11) is 0. The number of aliphatic hydroxyl groups excluding tert-OH is 1. The minimum atomic E-state index is -0.0525. The Balaban J connectivity index is 1.69. The van der Waals surface area contributed by atoms with Gasteiger partial charge in [-0.1, -0.05) is 30.3 Å². The van der Waals surface area contributed by atoms with Gasteiger partial charge in [0.15, 0.2) is 0 Å². The fourth-order valence-electron chi connectivity index (χ4n) is 3.76. The zero-order chi connectivity index (χ0) is 16.1. The maximum Gasteiger partial charge on any atom is 0.317 e. The van der Waals surface area contributed by atoms with Crippen molar-refractivity contribution in [3.05, 3.63) is 35.9 Å². The average Bonchev–Trinajstić information content (AvgIpc) is 3.10. The van der Waals surface area contributed by atoms with Crippen molar-refractivity contribution in [3.63, 3.8) is 0 Å². The smallest absolute Gasteiger partial charge is 0.317 e. The number of likely N-dealkylation sites (tertiary alicyclic amines) is 1. The Labute approximate surface area is 137 Å². The molecule has 0 saturated carbocycles. The van der Waals surface area contributed by atoms with E-state index in [2.05, 4.69) is 29.6 Å². The third-order valence-electron chi connectivity index (χ3n) is 5.26. The molecule has 1 aromatic carbocycles. The van der Waals surface area contributed by atoms with Crippen LogP contribution in [0.4, 0.5) is 4.79 Å². The van der Waals surface area contributed by atoms with Crippen LogP contribution in [0.5, 0.6) is 0 Å². The van der Waals surface area contributed by atoms with E-state index in [0.717, 1.165) is 45.4 Å². The molecule has 2 N–H and O–H groups in total. The van der Waals surface area contributed by atoms with E-state index < -0.39 is 0 Å². The highest BCUT2D eigenvalue weighted by molar-refractivity contribution is 5.75. The Hall–Kier alpha value is -1.59. The van der Waals surface area contributed by atoms with Crippen molar-refractivity contribution in [2.75, 3.05) is 32.9 Å². The molecule has 1 unspecified atom stereocenters. The molecule has 2 amide bonds. The van der Waals surface area contributed by atoms with E-state index in [4.69, 9.17) is 4.74 Å². The maximum atomic E-state index is 12.5. The number of benzene rings is 1. The van der Waals surface area contributed by atoms with Gasteiger partial charge in [-0.2, -0.15) is 0 Å². The Morgan fingerprint density at radius 1 is 1.30 bits per heavy atom. The fourth-order valence-corrected chi connectivity index (χ4v) is 3.76. The number of aliphatic hydroxyl groups is 1. The van der Waals surface area contributed by atoms with Gasteiger partial charge < -0.3 is 20.1 Å². The van der Waals surface area contributed by atoms with Gasteiger partial charge in [0.25, 0.3) is 0 Å². The second kappa shape index (κ2) is 7.32. The number of carbonyl (C=O) groups excluding carboxylic acids is 1. The monoisotopic (exact) mass is 318 g/mol. The average molecular weight is 318 g/mol. The van der Waals surface area contributed by atoms with Gasteiger partial charge in [-0.15, -0.1) is 0 Å². The normalized spacial score (nSPS) is 23.7. The van der Waals surface area contributed by atoms with Crippen molar-refractivity contribution in [1.82, 2.24) is 10.2 Å². The SMILES string of the molecule is O=C(NCC1(c2ccccc2)CCOCC1)N1CCCC1CO. The molecule has 2 fully saturated rings. The summed E-state index contributed by atoms with van der Waals surface area (Å²) in [6.45, 7) is 2.86. The van der Waals surface area contributed by atoms with Crippen molar-refractivity contribution < 1.29 is 14.6 Å². The molecular weight excluding hydrogens is 292 g/mol. The molecule has 5 nitrogen and oxygen atoms in total. The molecule has 126 valence electrons. The van der Waals surface area contributed by atoms with E-state index in [1.165, 1.54) is 5.56 Å². The quantitative estimate of drug-likeness (QED) is 0.891. The number of nitrogens with one attached hydrogen (secondary N) is 1. The van der Waals surface area contributed by atoms with Gasteiger partial charge in [-0.25, -0.2) is 4.79 Å². The molecular formula is C18H26N2O3. The molecule has 2 aliphatic heterocycles. The van der Waals surface area contributed by atoms with Crippen LogP contribution in [-0.4, -0.2) is 55.0 Å². The molecule has 0 radical (unpaired) electrons. The van der Waals surface area contributed by atoms with Gasteiger partial charge in [-0.05, 0) is 31.2 Å². The summed E-state index contributed by atoms with van der Waals surface area (Å²) in [6, 6.07) is 10.3. The molecule has 0 aliphatic carbocycles. The summed E-state index contributed by atoms with van der Waals surface area (Å²) in [5.41, 5.74) is 1.22. The third kappa shape index (κ3) is 3.51. The molecule has 2 heterocycles. The van der Waals surface area contributed by atoms with Gasteiger partial charge in [0.2, 0.25) is 0 Å².